The molecule has 2 aliphatic rings. The lowest BCUT2D eigenvalue weighted by atomic mass is 9.73. The van der Waals surface area contributed by atoms with E-state index in [0.717, 1.165) is 24.2 Å². The van der Waals surface area contributed by atoms with Crippen LogP contribution < -0.4 is 0 Å². The van der Waals surface area contributed by atoms with Gasteiger partial charge in [0, 0.05) is 31.8 Å². The van der Waals surface area contributed by atoms with Crippen molar-refractivity contribution in [1.29, 1.82) is 0 Å². The Bertz CT molecular complexity index is 850. The second kappa shape index (κ2) is 8.35. The number of nitrogens with zero attached hydrogens (tertiary/aromatic N) is 3. The van der Waals surface area contributed by atoms with Crippen LogP contribution >= 0.6 is 0 Å². The van der Waals surface area contributed by atoms with Gasteiger partial charge in [0.2, 0.25) is 11.8 Å². The van der Waals surface area contributed by atoms with Crippen molar-refractivity contribution in [2.24, 2.45) is 0 Å². The highest BCUT2D eigenvalue weighted by Crippen LogP contribution is 2.36. The third-order valence-electron chi connectivity index (χ3n) is 6.46. The number of aromatic nitrogens is 2. The summed E-state index contributed by atoms with van der Waals surface area (Å²) in [6.45, 7) is 0.883. The molecule has 1 aromatic heterocycles. The van der Waals surface area contributed by atoms with Crippen molar-refractivity contribution in [2.75, 3.05) is 13.1 Å². The van der Waals surface area contributed by atoms with Crippen LogP contribution in [0.1, 0.15) is 68.1 Å². The van der Waals surface area contributed by atoms with E-state index in [2.05, 4.69) is 10.1 Å². The van der Waals surface area contributed by atoms with Crippen molar-refractivity contribution in [3.63, 3.8) is 0 Å². The summed E-state index contributed by atoms with van der Waals surface area (Å²) < 4.78 is 5.33. The van der Waals surface area contributed by atoms with E-state index in [4.69, 9.17) is 4.52 Å². The number of amides is 1. The summed E-state index contributed by atoms with van der Waals surface area (Å²) in [5, 5.41) is 14.0. The summed E-state index contributed by atoms with van der Waals surface area (Å²) in [4.78, 5) is 30.9. The van der Waals surface area contributed by atoms with Gasteiger partial charge in [-0.3, -0.25) is 9.59 Å². The van der Waals surface area contributed by atoms with E-state index in [1.54, 1.807) is 4.90 Å². The van der Waals surface area contributed by atoms with E-state index >= 15 is 0 Å². The second-order valence-electron chi connectivity index (χ2n) is 8.16. The Balaban J connectivity index is 1.32. The summed E-state index contributed by atoms with van der Waals surface area (Å²) in [7, 11) is 0. The number of hydrogen-bond acceptors (Lipinski definition) is 5. The van der Waals surface area contributed by atoms with E-state index in [-0.39, 0.29) is 5.91 Å². The molecule has 1 aliphatic heterocycles. The molecule has 1 saturated heterocycles. The van der Waals surface area contributed by atoms with Crippen LogP contribution in [0.5, 0.6) is 0 Å². The van der Waals surface area contributed by atoms with Crippen LogP contribution in [0.15, 0.2) is 34.9 Å². The van der Waals surface area contributed by atoms with Crippen LogP contribution in [0.25, 0.3) is 0 Å². The minimum atomic E-state index is -0.916. The fourth-order valence-corrected chi connectivity index (χ4v) is 4.61. The number of piperidine rings is 1. The monoisotopic (exact) mass is 397 g/mol. The van der Waals surface area contributed by atoms with Crippen LogP contribution in [0.4, 0.5) is 0 Å². The number of hydrogen-bond donors (Lipinski definition) is 1. The molecule has 1 N–H and O–H groups in total. The fourth-order valence-electron chi connectivity index (χ4n) is 4.61. The Hall–Kier alpha value is -2.70. The van der Waals surface area contributed by atoms with Crippen LogP contribution in [0, 0.1) is 0 Å². The van der Waals surface area contributed by atoms with Gasteiger partial charge in [0.05, 0.1) is 5.41 Å². The van der Waals surface area contributed by atoms with Crippen LogP contribution in [0.2, 0.25) is 0 Å². The third kappa shape index (κ3) is 4.04. The fraction of sp³-hybridized carbons (Fsp3) is 0.545. The highest BCUT2D eigenvalue weighted by molar-refractivity contribution is 5.82. The zero-order valence-corrected chi connectivity index (χ0v) is 16.5. The van der Waals surface area contributed by atoms with Crippen molar-refractivity contribution in [3.05, 3.63) is 47.6 Å². The quantitative estimate of drug-likeness (QED) is 0.803. The van der Waals surface area contributed by atoms with Gasteiger partial charge in [0.1, 0.15) is 0 Å². The molecule has 1 aliphatic carbocycles. The zero-order chi connectivity index (χ0) is 20.3. The first-order valence-corrected chi connectivity index (χ1v) is 10.5. The van der Waals surface area contributed by atoms with Gasteiger partial charge in [0.15, 0.2) is 5.82 Å². The minimum absolute atomic E-state index is 0.0117. The molecule has 2 heterocycles. The highest BCUT2D eigenvalue weighted by atomic mass is 16.5. The summed E-state index contributed by atoms with van der Waals surface area (Å²) in [6, 6.07) is 9.34. The topological polar surface area (TPSA) is 96.5 Å². The maximum Gasteiger partial charge on any atom is 0.314 e. The van der Waals surface area contributed by atoms with Gasteiger partial charge in [-0.05, 0) is 31.2 Å². The number of carboxylic acids is 1. The molecule has 1 aromatic carbocycles. The maximum absolute atomic E-state index is 12.6. The molecule has 0 unspecified atom stereocenters. The molecule has 1 amide bonds. The van der Waals surface area contributed by atoms with Crippen molar-refractivity contribution in [2.45, 2.75) is 62.7 Å². The molecular weight excluding hydrogens is 370 g/mol. The average molecular weight is 397 g/mol. The van der Waals surface area contributed by atoms with Gasteiger partial charge < -0.3 is 14.5 Å². The van der Waals surface area contributed by atoms with E-state index in [9.17, 15) is 14.7 Å². The molecule has 2 aromatic rings. The predicted molar refractivity (Wildman–Crippen MR) is 105 cm³/mol. The van der Waals surface area contributed by atoms with E-state index in [0.29, 0.717) is 50.6 Å². The lowest BCUT2D eigenvalue weighted by molar-refractivity contribution is -0.148. The van der Waals surface area contributed by atoms with Gasteiger partial charge in [0.25, 0.3) is 0 Å². The van der Waals surface area contributed by atoms with Crippen molar-refractivity contribution in [1.82, 2.24) is 15.0 Å². The number of likely N-dealkylation sites (tertiary alicyclic amines) is 1. The number of carbonyl (C=O) groups is 2. The van der Waals surface area contributed by atoms with Gasteiger partial charge in [-0.15, -0.1) is 0 Å². The Morgan fingerprint density at radius 2 is 1.83 bits per heavy atom. The third-order valence-corrected chi connectivity index (χ3v) is 6.46. The maximum atomic E-state index is 12.6. The van der Waals surface area contributed by atoms with Gasteiger partial charge in [-0.2, -0.15) is 4.98 Å². The number of aliphatic carboxylic acids is 1. The highest BCUT2D eigenvalue weighted by Gasteiger charge is 2.43. The van der Waals surface area contributed by atoms with E-state index < -0.39 is 11.4 Å². The molecule has 0 bridgehead atoms. The largest absolute Gasteiger partial charge is 0.481 e. The molecule has 29 heavy (non-hydrogen) atoms. The summed E-state index contributed by atoms with van der Waals surface area (Å²) in [6.07, 6.45) is 6.22. The number of aryl methyl sites for hydroxylation is 1. The standard InChI is InChI=1S/C22H27N3O4/c26-19(11-10-18-23-20(24-29-18)16-6-4-5-7-16)25-14-12-22(13-15-25,21(27)28)17-8-2-1-3-9-17/h1-3,8-9,16H,4-7,10-15H2,(H,27,28). The van der Waals surface area contributed by atoms with Crippen LogP contribution in [-0.4, -0.2) is 45.1 Å². The molecule has 1 saturated carbocycles. The molecule has 0 atom stereocenters. The molecule has 2 fully saturated rings. The van der Waals surface area contributed by atoms with Gasteiger partial charge in [-0.25, -0.2) is 0 Å². The Morgan fingerprint density at radius 3 is 2.48 bits per heavy atom. The molecule has 4 rings (SSSR count). The SMILES string of the molecule is O=C(CCc1nc(C2CCCC2)no1)N1CCC(C(=O)O)(c2ccccc2)CC1. The van der Waals surface area contributed by atoms with E-state index in [1.165, 1.54) is 12.8 Å². The number of benzene rings is 1. The normalized spacial score (nSPS) is 19.4. The first-order chi connectivity index (χ1) is 14.1. The molecule has 7 heteroatoms. The second-order valence-corrected chi connectivity index (χ2v) is 8.16. The van der Waals surface area contributed by atoms with Crippen molar-refractivity contribution in [3.8, 4) is 0 Å². The van der Waals surface area contributed by atoms with Gasteiger partial charge in [-0.1, -0.05) is 48.3 Å². The Labute approximate surface area is 170 Å². The lowest BCUT2D eigenvalue weighted by Crippen LogP contribution is -2.49. The predicted octanol–water partition coefficient (Wildman–Crippen LogP) is 3.30. The lowest BCUT2D eigenvalue weighted by Gasteiger charge is -2.39. The summed E-state index contributed by atoms with van der Waals surface area (Å²) >= 11 is 0. The average Bonchev–Trinajstić information content (AvgIpc) is 3.44. The van der Waals surface area contributed by atoms with E-state index in [1.807, 2.05) is 30.3 Å². The zero-order valence-electron chi connectivity index (χ0n) is 16.5. The first kappa shape index (κ1) is 19.6. The first-order valence-electron chi connectivity index (χ1n) is 10.5. The van der Waals surface area contributed by atoms with Crippen molar-refractivity contribution < 1.29 is 19.2 Å². The molecule has 0 radical (unpaired) electrons. The minimum Gasteiger partial charge on any atom is -0.481 e. The number of carboxylic acid groups (broad SMARTS) is 1. The molecule has 154 valence electrons. The molecule has 7 nitrogen and oxygen atoms in total. The van der Waals surface area contributed by atoms with Crippen LogP contribution in [0.3, 0.4) is 0 Å². The number of rotatable bonds is 6. The smallest absolute Gasteiger partial charge is 0.314 e. The molecule has 0 spiro atoms. The van der Waals surface area contributed by atoms with Crippen molar-refractivity contribution >= 4 is 11.9 Å². The Kier molecular flexibility index (Phi) is 5.65. The Morgan fingerprint density at radius 1 is 1.14 bits per heavy atom. The summed E-state index contributed by atoms with van der Waals surface area (Å²) in [5.41, 5.74) is -0.106. The summed E-state index contributed by atoms with van der Waals surface area (Å²) in [5.74, 6) is 0.879. The van der Waals surface area contributed by atoms with Crippen LogP contribution in [-0.2, 0) is 21.4 Å². The number of carbonyl (C=O) groups excluding carboxylic acids is 1. The van der Waals surface area contributed by atoms with Gasteiger partial charge >= 0.3 is 5.97 Å². The molecular formula is C22H27N3O4.